The number of benzene rings is 1. The highest BCUT2D eigenvalue weighted by atomic mass is 32.2. The molecule has 28 heavy (non-hydrogen) atoms. The molecule has 1 aromatic carbocycles. The predicted octanol–water partition coefficient (Wildman–Crippen LogP) is 1.60. The average Bonchev–Trinajstić information content (AvgIpc) is 3.34. The summed E-state index contributed by atoms with van der Waals surface area (Å²) < 4.78 is 27.4. The van der Waals surface area contributed by atoms with E-state index in [-0.39, 0.29) is 28.7 Å². The van der Waals surface area contributed by atoms with Gasteiger partial charge >= 0.3 is 0 Å². The molecular weight excluding hydrogens is 378 g/mol. The van der Waals surface area contributed by atoms with Gasteiger partial charge in [-0.3, -0.25) is 9.59 Å². The molecule has 1 aliphatic carbocycles. The Morgan fingerprint density at radius 2 is 1.61 bits per heavy atom. The fraction of sp³-hybridized carbons (Fsp3) is 0.600. The molecular formula is C20H27N3O4S. The topological polar surface area (TPSA) is 86.8 Å². The van der Waals surface area contributed by atoms with Crippen LogP contribution in [-0.4, -0.2) is 62.3 Å². The summed E-state index contributed by atoms with van der Waals surface area (Å²) in [5.41, 5.74) is 0.378. The van der Waals surface area contributed by atoms with Crippen LogP contribution < -0.4 is 4.72 Å². The molecule has 4 rings (SSSR count). The van der Waals surface area contributed by atoms with Gasteiger partial charge in [0.25, 0.3) is 5.91 Å². The zero-order valence-electron chi connectivity index (χ0n) is 16.0. The van der Waals surface area contributed by atoms with Gasteiger partial charge in [0.2, 0.25) is 15.9 Å². The molecule has 0 aromatic heterocycles. The van der Waals surface area contributed by atoms with Gasteiger partial charge in [0, 0.05) is 43.7 Å². The van der Waals surface area contributed by atoms with Crippen LogP contribution in [0, 0.1) is 5.92 Å². The van der Waals surface area contributed by atoms with Crippen LogP contribution >= 0.6 is 0 Å². The van der Waals surface area contributed by atoms with Crippen molar-refractivity contribution in [1.82, 2.24) is 14.5 Å². The Hall–Kier alpha value is -1.93. The first-order valence-corrected chi connectivity index (χ1v) is 11.6. The molecule has 0 unspecified atom stereocenters. The zero-order chi connectivity index (χ0) is 19.7. The first kappa shape index (κ1) is 19.4. The van der Waals surface area contributed by atoms with E-state index >= 15 is 0 Å². The van der Waals surface area contributed by atoms with Gasteiger partial charge in [-0.2, -0.15) is 0 Å². The number of nitrogens with one attached hydrogen (secondary N) is 1. The summed E-state index contributed by atoms with van der Waals surface area (Å²) in [5.74, 6) is 0.0518. The Kier molecular flexibility index (Phi) is 5.42. The van der Waals surface area contributed by atoms with Gasteiger partial charge in [0.15, 0.2) is 0 Å². The molecule has 2 heterocycles. The minimum absolute atomic E-state index is 0.00314. The highest BCUT2D eigenvalue weighted by molar-refractivity contribution is 7.89. The number of rotatable bonds is 5. The maximum Gasteiger partial charge on any atom is 0.253 e. The van der Waals surface area contributed by atoms with E-state index in [1.807, 2.05) is 4.90 Å². The van der Waals surface area contributed by atoms with Crippen molar-refractivity contribution in [2.75, 3.05) is 26.2 Å². The van der Waals surface area contributed by atoms with Crippen LogP contribution in [0.3, 0.4) is 0 Å². The minimum Gasteiger partial charge on any atom is -0.342 e. The lowest BCUT2D eigenvalue weighted by Crippen LogP contribution is -2.43. The van der Waals surface area contributed by atoms with Crippen LogP contribution in [0.1, 0.15) is 48.9 Å². The van der Waals surface area contributed by atoms with Crippen molar-refractivity contribution in [2.45, 2.75) is 49.5 Å². The lowest BCUT2D eigenvalue weighted by molar-refractivity contribution is -0.135. The molecule has 3 aliphatic rings. The number of amides is 2. The maximum atomic E-state index is 12.9. The second-order valence-corrected chi connectivity index (χ2v) is 9.74. The smallest absolute Gasteiger partial charge is 0.253 e. The Labute approximate surface area is 166 Å². The third-order valence-electron chi connectivity index (χ3n) is 5.84. The summed E-state index contributed by atoms with van der Waals surface area (Å²) in [5, 5.41) is 0. The van der Waals surface area contributed by atoms with Crippen molar-refractivity contribution in [2.24, 2.45) is 5.92 Å². The van der Waals surface area contributed by atoms with Crippen LogP contribution in [0.4, 0.5) is 0 Å². The number of hydrogen-bond acceptors (Lipinski definition) is 4. The van der Waals surface area contributed by atoms with E-state index in [4.69, 9.17) is 0 Å². The molecule has 3 fully saturated rings. The monoisotopic (exact) mass is 405 g/mol. The molecule has 2 saturated heterocycles. The van der Waals surface area contributed by atoms with Gasteiger partial charge in [-0.25, -0.2) is 13.1 Å². The first-order chi connectivity index (χ1) is 13.4. The third kappa shape index (κ3) is 4.22. The number of hydrogen-bond donors (Lipinski definition) is 1. The molecule has 7 nitrogen and oxygen atoms in total. The summed E-state index contributed by atoms with van der Waals surface area (Å²) in [4.78, 5) is 29.2. The fourth-order valence-corrected chi connectivity index (χ4v) is 5.34. The van der Waals surface area contributed by atoms with E-state index in [1.54, 1.807) is 17.0 Å². The largest absolute Gasteiger partial charge is 0.342 e. The van der Waals surface area contributed by atoms with Gasteiger partial charge in [-0.1, -0.05) is 6.07 Å². The van der Waals surface area contributed by atoms with Gasteiger partial charge in [0.1, 0.15) is 0 Å². The van der Waals surface area contributed by atoms with E-state index in [1.165, 1.54) is 12.1 Å². The highest BCUT2D eigenvalue weighted by Crippen LogP contribution is 2.25. The SMILES string of the molecule is O=C(c1cccc(S(=O)(=O)NC2CC2)c1)N1CCC(C(=O)N2CCCC2)CC1. The first-order valence-electron chi connectivity index (χ1n) is 10.1. The van der Waals surface area contributed by atoms with Crippen molar-refractivity contribution in [1.29, 1.82) is 0 Å². The summed E-state index contributed by atoms with van der Waals surface area (Å²) >= 11 is 0. The van der Waals surface area contributed by atoms with Crippen LogP contribution in [0.2, 0.25) is 0 Å². The van der Waals surface area contributed by atoms with Crippen molar-refractivity contribution >= 4 is 21.8 Å². The van der Waals surface area contributed by atoms with Gasteiger partial charge in [-0.05, 0) is 56.7 Å². The van der Waals surface area contributed by atoms with Crippen LogP contribution in [0.15, 0.2) is 29.2 Å². The second-order valence-electron chi connectivity index (χ2n) is 8.02. The minimum atomic E-state index is -3.58. The number of carbonyl (C=O) groups is 2. The van der Waals surface area contributed by atoms with Crippen molar-refractivity contribution in [3.05, 3.63) is 29.8 Å². The second kappa shape index (κ2) is 7.83. The van der Waals surface area contributed by atoms with Crippen molar-refractivity contribution < 1.29 is 18.0 Å². The molecule has 2 aliphatic heterocycles. The molecule has 0 bridgehead atoms. The molecule has 0 spiro atoms. The predicted molar refractivity (Wildman–Crippen MR) is 104 cm³/mol. The summed E-state index contributed by atoms with van der Waals surface area (Å²) in [6.45, 7) is 2.77. The van der Waals surface area contributed by atoms with Gasteiger partial charge in [0.05, 0.1) is 4.90 Å². The van der Waals surface area contributed by atoms with E-state index in [2.05, 4.69) is 4.72 Å². The number of carbonyl (C=O) groups excluding carboxylic acids is 2. The fourth-order valence-electron chi connectivity index (χ4n) is 3.99. The molecule has 1 aromatic rings. The quantitative estimate of drug-likeness (QED) is 0.806. The average molecular weight is 406 g/mol. The Bertz CT molecular complexity index is 852. The van der Waals surface area contributed by atoms with Gasteiger partial charge < -0.3 is 9.80 Å². The van der Waals surface area contributed by atoms with Crippen molar-refractivity contribution in [3.63, 3.8) is 0 Å². The number of nitrogens with zero attached hydrogens (tertiary/aromatic N) is 2. The molecule has 8 heteroatoms. The van der Waals surface area contributed by atoms with Gasteiger partial charge in [-0.15, -0.1) is 0 Å². The summed E-state index contributed by atoms with van der Waals surface area (Å²) in [6, 6.07) is 6.26. The van der Waals surface area contributed by atoms with E-state index in [9.17, 15) is 18.0 Å². The standard InChI is InChI=1S/C20H27N3O4S/c24-19(22-10-1-2-11-22)15-8-12-23(13-9-15)20(25)16-4-3-5-18(14-16)28(26,27)21-17-6-7-17/h3-5,14-15,17,21H,1-2,6-13H2. The number of piperidine rings is 1. The van der Waals surface area contributed by atoms with E-state index in [0.29, 0.717) is 31.5 Å². The lowest BCUT2D eigenvalue weighted by atomic mass is 9.95. The van der Waals surface area contributed by atoms with E-state index in [0.717, 1.165) is 38.8 Å². The summed E-state index contributed by atoms with van der Waals surface area (Å²) in [7, 11) is -3.58. The molecule has 0 radical (unpaired) electrons. The lowest BCUT2D eigenvalue weighted by Gasteiger charge is -2.33. The highest BCUT2D eigenvalue weighted by Gasteiger charge is 2.32. The van der Waals surface area contributed by atoms with Crippen LogP contribution in [0.5, 0.6) is 0 Å². The third-order valence-corrected chi connectivity index (χ3v) is 7.36. The Morgan fingerprint density at radius 3 is 2.25 bits per heavy atom. The molecule has 0 atom stereocenters. The van der Waals surface area contributed by atoms with Crippen molar-refractivity contribution in [3.8, 4) is 0 Å². The zero-order valence-corrected chi connectivity index (χ0v) is 16.8. The molecule has 152 valence electrons. The number of sulfonamides is 1. The molecule has 1 saturated carbocycles. The Balaban J connectivity index is 1.38. The van der Waals surface area contributed by atoms with Crippen LogP contribution in [-0.2, 0) is 14.8 Å². The van der Waals surface area contributed by atoms with Crippen LogP contribution in [0.25, 0.3) is 0 Å². The molecule has 2 amide bonds. The number of likely N-dealkylation sites (tertiary alicyclic amines) is 2. The van der Waals surface area contributed by atoms with E-state index < -0.39 is 10.0 Å². The summed E-state index contributed by atoms with van der Waals surface area (Å²) in [6.07, 6.45) is 5.23. The maximum absolute atomic E-state index is 12.9. The Morgan fingerprint density at radius 1 is 0.929 bits per heavy atom. The molecule has 1 N–H and O–H groups in total. The normalized spacial score (nSPS) is 21.1.